The zero-order chi connectivity index (χ0) is 11.4. The first-order chi connectivity index (χ1) is 7.77. The van der Waals surface area contributed by atoms with Crippen LogP contribution in [0.15, 0.2) is 30.3 Å². The van der Waals surface area contributed by atoms with Crippen LogP contribution in [0.3, 0.4) is 0 Å². The molecule has 82 valence electrons. The summed E-state index contributed by atoms with van der Waals surface area (Å²) in [4.78, 5) is 15.1. The Bertz CT molecular complexity index is 415. The summed E-state index contributed by atoms with van der Waals surface area (Å²) in [6.45, 7) is 7.31. The van der Waals surface area contributed by atoms with Gasteiger partial charge in [0.1, 0.15) is 6.61 Å². The molecule has 0 saturated heterocycles. The predicted molar refractivity (Wildman–Crippen MR) is 59.4 cm³/mol. The molecule has 1 fully saturated rings. The molecule has 0 unspecified atom stereocenters. The van der Waals surface area contributed by atoms with Gasteiger partial charge in [-0.05, 0) is 12.0 Å². The second-order valence-corrected chi connectivity index (χ2v) is 4.06. The third-order valence-corrected chi connectivity index (χ3v) is 2.99. The van der Waals surface area contributed by atoms with Crippen molar-refractivity contribution in [3.05, 3.63) is 47.3 Å². The third-order valence-electron chi connectivity index (χ3n) is 2.99. The van der Waals surface area contributed by atoms with Gasteiger partial charge in [0.05, 0.1) is 0 Å². The molecule has 1 aliphatic rings. The predicted octanol–water partition coefficient (Wildman–Crippen LogP) is 2.57. The van der Waals surface area contributed by atoms with Gasteiger partial charge in [0.15, 0.2) is 0 Å². The van der Waals surface area contributed by atoms with E-state index in [1.807, 2.05) is 30.3 Å². The molecule has 0 spiro atoms. The first-order valence-electron chi connectivity index (χ1n) is 5.37. The van der Waals surface area contributed by atoms with E-state index in [1.54, 1.807) is 0 Å². The molecule has 1 saturated carbocycles. The number of ether oxygens (including phenoxy) is 1. The minimum Gasteiger partial charge on any atom is -0.455 e. The summed E-state index contributed by atoms with van der Waals surface area (Å²) >= 11 is 0. The molecular weight excluding hydrogens is 202 g/mol. The average Bonchev–Trinajstić information content (AvgIpc) is 2.27. The molecule has 0 aromatic heterocycles. The van der Waals surface area contributed by atoms with E-state index < -0.39 is 5.54 Å². The van der Waals surface area contributed by atoms with Crippen molar-refractivity contribution >= 4 is 5.97 Å². The SMILES string of the molecule is [C-]#[N+]C1(C(=O)OCc2ccccc2)CCC1. The van der Waals surface area contributed by atoms with Crippen LogP contribution in [-0.2, 0) is 16.1 Å². The van der Waals surface area contributed by atoms with Crippen molar-refractivity contribution in [2.75, 3.05) is 0 Å². The van der Waals surface area contributed by atoms with Crippen LogP contribution < -0.4 is 0 Å². The van der Waals surface area contributed by atoms with E-state index in [1.165, 1.54) is 0 Å². The van der Waals surface area contributed by atoms with Crippen LogP contribution in [0.4, 0.5) is 0 Å². The number of carbonyl (C=O) groups excluding carboxylic acids is 1. The molecule has 16 heavy (non-hydrogen) atoms. The quantitative estimate of drug-likeness (QED) is 0.573. The molecular formula is C13H13NO2. The Morgan fingerprint density at radius 1 is 1.38 bits per heavy atom. The van der Waals surface area contributed by atoms with Gasteiger partial charge in [-0.1, -0.05) is 30.3 Å². The molecule has 0 amide bonds. The minimum absolute atomic E-state index is 0.261. The third kappa shape index (κ3) is 1.92. The molecule has 0 N–H and O–H groups in total. The van der Waals surface area contributed by atoms with Crippen LogP contribution in [-0.4, -0.2) is 11.5 Å². The fraction of sp³-hybridized carbons (Fsp3) is 0.385. The summed E-state index contributed by atoms with van der Waals surface area (Å²) in [7, 11) is 0. The van der Waals surface area contributed by atoms with Gasteiger partial charge in [-0.3, -0.25) is 4.85 Å². The van der Waals surface area contributed by atoms with Crippen LogP contribution in [0.1, 0.15) is 24.8 Å². The molecule has 0 heterocycles. The maximum atomic E-state index is 11.7. The molecule has 3 heteroatoms. The van der Waals surface area contributed by atoms with Crippen LogP contribution >= 0.6 is 0 Å². The van der Waals surface area contributed by atoms with E-state index in [2.05, 4.69) is 4.85 Å². The highest BCUT2D eigenvalue weighted by molar-refractivity contribution is 5.84. The van der Waals surface area contributed by atoms with E-state index in [0.717, 1.165) is 12.0 Å². The number of rotatable bonds is 3. The van der Waals surface area contributed by atoms with Crippen molar-refractivity contribution < 1.29 is 9.53 Å². The zero-order valence-corrected chi connectivity index (χ0v) is 8.98. The maximum absolute atomic E-state index is 11.7. The zero-order valence-electron chi connectivity index (χ0n) is 8.98. The molecule has 3 nitrogen and oxygen atoms in total. The number of benzene rings is 1. The standard InChI is InChI=1S/C13H13NO2/c1-14-13(8-5-9-13)12(15)16-10-11-6-3-2-4-7-11/h2-4,6-7H,5,8-10H2. The fourth-order valence-electron chi connectivity index (χ4n) is 1.73. The van der Waals surface area contributed by atoms with Gasteiger partial charge in [-0.25, -0.2) is 11.4 Å². The largest absolute Gasteiger partial charge is 0.455 e. The van der Waals surface area contributed by atoms with Gasteiger partial charge in [0.2, 0.25) is 0 Å². The lowest BCUT2D eigenvalue weighted by molar-refractivity contribution is -0.152. The fourth-order valence-corrected chi connectivity index (χ4v) is 1.73. The van der Waals surface area contributed by atoms with Crippen molar-refractivity contribution in [1.29, 1.82) is 0 Å². The topological polar surface area (TPSA) is 30.7 Å². The number of carbonyl (C=O) groups is 1. The molecule has 1 aromatic rings. The molecule has 0 atom stereocenters. The molecule has 0 bridgehead atoms. The van der Waals surface area contributed by atoms with Crippen molar-refractivity contribution in [2.45, 2.75) is 31.4 Å². The van der Waals surface area contributed by atoms with Crippen molar-refractivity contribution in [3.8, 4) is 0 Å². The summed E-state index contributed by atoms with van der Waals surface area (Å²) in [5.74, 6) is -0.363. The van der Waals surface area contributed by atoms with E-state index in [9.17, 15) is 4.79 Å². The van der Waals surface area contributed by atoms with Gasteiger partial charge in [0, 0.05) is 12.8 Å². The lowest BCUT2D eigenvalue weighted by atomic mass is 9.77. The van der Waals surface area contributed by atoms with Gasteiger partial charge in [-0.2, -0.15) is 0 Å². The Labute approximate surface area is 94.9 Å². The molecule has 1 aromatic carbocycles. The highest BCUT2D eigenvalue weighted by Gasteiger charge is 2.53. The number of esters is 1. The monoisotopic (exact) mass is 215 g/mol. The Balaban J connectivity index is 1.92. The normalized spacial score (nSPS) is 16.9. The van der Waals surface area contributed by atoms with Crippen molar-refractivity contribution in [2.24, 2.45) is 0 Å². The van der Waals surface area contributed by atoms with Crippen molar-refractivity contribution in [1.82, 2.24) is 0 Å². The van der Waals surface area contributed by atoms with E-state index >= 15 is 0 Å². The van der Waals surface area contributed by atoms with E-state index in [4.69, 9.17) is 11.3 Å². The molecule has 1 aliphatic carbocycles. The lowest BCUT2D eigenvalue weighted by Gasteiger charge is -2.27. The van der Waals surface area contributed by atoms with Gasteiger partial charge in [-0.15, -0.1) is 0 Å². The molecule has 0 radical (unpaired) electrons. The van der Waals surface area contributed by atoms with Gasteiger partial charge < -0.3 is 4.74 Å². The van der Waals surface area contributed by atoms with E-state index in [-0.39, 0.29) is 12.6 Å². The van der Waals surface area contributed by atoms with Crippen molar-refractivity contribution in [3.63, 3.8) is 0 Å². The Morgan fingerprint density at radius 2 is 2.06 bits per heavy atom. The average molecular weight is 215 g/mol. The Hall–Kier alpha value is -1.82. The number of nitrogens with zero attached hydrogens (tertiary/aromatic N) is 1. The van der Waals surface area contributed by atoms with E-state index in [0.29, 0.717) is 12.8 Å². The summed E-state index contributed by atoms with van der Waals surface area (Å²) < 4.78 is 5.17. The molecule has 2 rings (SSSR count). The summed E-state index contributed by atoms with van der Waals surface area (Å²) in [6.07, 6.45) is 2.23. The van der Waals surface area contributed by atoms with Crippen LogP contribution in [0.25, 0.3) is 4.85 Å². The van der Waals surface area contributed by atoms with Crippen LogP contribution in [0.2, 0.25) is 0 Å². The number of hydrogen-bond acceptors (Lipinski definition) is 2. The summed E-state index contributed by atoms with van der Waals surface area (Å²) in [6, 6.07) is 9.52. The smallest absolute Gasteiger partial charge is 0.393 e. The highest BCUT2D eigenvalue weighted by atomic mass is 16.5. The van der Waals surface area contributed by atoms with Crippen LogP contribution in [0, 0.1) is 6.57 Å². The molecule has 0 aliphatic heterocycles. The van der Waals surface area contributed by atoms with Crippen LogP contribution in [0.5, 0.6) is 0 Å². The lowest BCUT2D eigenvalue weighted by Crippen LogP contribution is -2.43. The van der Waals surface area contributed by atoms with Gasteiger partial charge in [0.25, 0.3) is 0 Å². The van der Waals surface area contributed by atoms with Gasteiger partial charge >= 0.3 is 11.5 Å². The first kappa shape index (κ1) is 10.7. The maximum Gasteiger partial charge on any atom is 0.393 e. The Morgan fingerprint density at radius 3 is 2.56 bits per heavy atom. The first-order valence-corrected chi connectivity index (χ1v) is 5.37. The Kier molecular flexibility index (Phi) is 2.91. The summed E-state index contributed by atoms with van der Waals surface area (Å²) in [5, 5.41) is 0. The second-order valence-electron chi connectivity index (χ2n) is 4.06. The summed E-state index contributed by atoms with van der Waals surface area (Å²) in [5.41, 5.74) is 0.0877. The number of hydrogen-bond donors (Lipinski definition) is 0. The minimum atomic E-state index is -0.866. The second kappa shape index (κ2) is 4.36. The highest BCUT2D eigenvalue weighted by Crippen LogP contribution is 2.37.